The molecule has 0 radical (unpaired) electrons. The minimum Gasteiger partial charge on any atom is -0.102 e. The van der Waals surface area contributed by atoms with E-state index in [9.17, 15) is 0 Å². The maximum absolute atomic E-state index is 3.80. The first-order valence-electron chi connectivity index (χ1n) is 3.60. The summed E-state index contributed by atoms with van der Waals surface area (Å²) in [5.41, 5.74) is 1.20. The van der Waals surface area contributed by atoms with Gasteiger partial charge in [0.1, 0.15) is 0 Å². The zero-order valence-electron chi connectivity index (χ0n) is 6.93. The molecule has 56 valence electrons. The van der Waals surface area contributed by atoms with Crippen LogP contribution in [0.15, 0.2) is 37.0 Å². The van der Waals surface area contributed by atoms with Gasteiger partial charge in [-0.3, -0.25) is 0 Å². The number of hydrogen-bond acceptors (Lipinski definition) is 0. The van der Waals surface area contributed by atoms with E-state index >= 15 is 0 Å². The van der Waals surface area contributed by atoms with Gasteiger partial charge in [0.2, 0.25) is 0 Å². The van der Waals surface area contributed by atoms with Crippen molar-refractivity contribution in [2.45, 2.75) is 20.3 Å². The van der Waals surface area contributed by atoms with E-state index in [1.54, 1.807) is 0 Å². The summed E-state index contributed by atoms with van der Waals surface area (Å²) in [5, 5.41) is 0. The van der Waals surface area contributed by atoms with E-state index in [2.05, 4.69) is 32.2 Å². The maximum Gasteiger partial charge on any atom is -0.00845 e. The summed E-state index contributed by atoms with van der Waals surface area (Å²) in [6, 6.07) is 0. The Kier molecular flexibility index (Phi) is 4.65. The fraction of sp³-hybridized carbons (Fsp3) is 0.400. The van der Waals surface area contributed by atoms with Crippen molar-refractivity contribution in [1.29, 1.82) is 0 Å². The Balaban J connectivity index is 3.55. The Morgan fingerprint density at radius 2 is 2.20 bits per heavy atom. The Hall–Kier alpha value is -0.780. The highest BCUT2D eigenvalue weighted by molar-refractivity contribution is 5.02. The minimum atomic E-state index is 0.486. The average molecular weight is 136 g/mol. The molecule has 0 N–H and O–H groups in total. The molecule has 10 heavy (non-hydrogen) atoms. The molecular formula is C10H16. The van der Waals surface area contributed by atoms with Crippen LogP contribution in [0.2, 0.25) is 0 Å². The fourth-order valence-corrected chi connectivity index (χ4v) is 0.562. The lowest BCUT2D eigenvalue weighted by Gasteiger charge is -1.94. The Bertz CT molecular complexity index is 140. The molecule has 0 amide bonds. The van der Waals surface area contributed by atoms with E-state index < -0.39 is 0 Å². The van der Waals surface area contributed by atoms with E-state index in [0.717, 1.165) is 6.42 Å². The quantitative estimate of drug-likeness (QED) is 0.520. The van der Waals surface area contributed by atoms with Gasteiger partial charge in [0, 0.05) is 0 Å². The molecule has 0 aliphatic carbocycles. The van der Waals surface area contributed by atoms with Crippen LogP contribution in [0.3, 0.4) is 0 Å². The first-order valence-corrected chi connectivity index (χ1v) is 3.60. The molecule has 0 nitrogen and oxygen atoms in total. The predicted molar refractivity (Wildman–Crippen MR) is 47.9 cm³/mol. The van der Waals surface area contributed by atoms with Gasteiger partial charge in [-0.25, -0.2) is 0 Å². The summed E-state index contributed by atoms with van der Waals surface area (Å²) in [5.74, 6) is 0.486. The van der Waals surface area contributed by atoms with Gasteiger partial charge in [-0.15, -0.1) is 6.58 Å². The van der Waals surface area contributed by atoms with Crippen LogP contribution in [0.25, 0.3) is 0 Å². The van der Waals surface area contributed by atoms with Crippen LogP contribution in [-0.2, 0) is 0 Å². The van der Waals surface area contributed by atoms with Crippen LogP contribution in [0.5, 0.6) is 0 Å². The van der Waals surface area contributed by atoms with Crippen LogP contribution in [0, 0.1) is 5.92 Å². The van der Waals surface area contributed by atoms with E-state index in [-0.39, 0.29) is 0 Å². The van der Waals surface area contributed by atoms with Gasteiger partial charge >= 0.3 is 0 Å². The first kappa shape index (κ1) is 9.22. The van der Waals surface area contributed by atoms with Gasteiger partial charge in [0.25, 0.3) is 0 Å². The van der Waals surface area contributed by atoms with Gasteiger partial charge in [0.15, 0.2) is 0 Å². The highest BCUT2D eigenvalue weighted by Gasteiger charge is 1.85. The molecule has 0 aromatic heterocycles. The van der Waals surface area contributed by atoms with Crippen LogP contribution < -0.4 is 0 Å². The molecule has 0 aliphatic rings. The maximum atomic E-state index is 3.80. The van der Waals surface area contributed by atoms with Crippen molar-refractivity contribution < 1.29 is 0 Å². The first-order chi connectivity index (χ1) is 4.66. The molecule has 0 unspecified atom stereocenters. The molecule has 0 heteroatoms. The molecule has 1 atom stereocenters. The Labute approximate surface area is 64.0 Å². The lowest BCUT2D eigenvalue weighted by Crippen LogP contribution is -1.79. The van der Waals surface area contributed by atoms with Crippen LogP contribution in [0.1, 0.15) is 20.3 Å². The third-order valence-corrected chi connectivity index (χ3v) is 1.28. The largest absolute Gasteiger partial charge is 0.102 e. The molecule has 0 aliphatic heterocycles. The van der Waals surface area contributed by atoms with Crippen molar-refractivity contribution >= 4 is 0 Å². The molecule has 0 saturated carbocycles. The second-order valence-electron chi connectivity index (χ2n) is 2.68. The van der Waals surface area contributed by atoms with Gasteiger partial charge in [-0.1, -0.05) is 37.3 Å². The molecule has 0 spiro atoms. The molecule has 0 aromatic rings. The summed E-state index contributed by atoms with van der Waals surface area (Å²) in [7, 11) is 0. The number of rotatable bonds is 4. The highest BCUT2D eigenvalue weighted by Crippen LogP contribution is 2.01. The zero-order chi connectivity index (χ0) is 7.98. The normalized spacial score (nSPS) is 13.4. The molecule has 0 bridgehead atoms. The minimum absolute atomic E-state index is 0.486. The van der Waals surface area contributed by atoms with E-state index in [1.165, 1.54) is 5.57 Å². The van der Waals surface area contributed by atoms with E-state index in [0.29, 0.717) is 5.92 Å². The van der Waals surface area contributed by atoms with Crippen molar-refractivity contribution in [3.05, 3.63) is 37.0 Å². The monoisotopic (exact) mass is 136 g/mol. The summed E-state index contributed by atoms with van der Waals surface area (Å²) in [6.07, 6.45) is 7.18. The van der Waals surface area contributed by atoms with Crippen molar-refractivity contribution in [2.24, 2.45) is 5.92 Å². The van der Waals surface area contributed by atoms with Crippen LogP contribution in [-0.4, -0.2) is 0 Å². The Morgan fingerprint density at radius 3 is 2.60 bits per heavy atom. The van der Waals surface area contributed by atoms with E-state index in [4.69, 9.17) is 0 Å². The highest BCUT2D eigenvalue weighted by atomic mass is 13.9. The van der Waals surface area contributed by atoms with Gasteiger partial charge in [0.05, 0.1) is 0 Å². The van der Waals surface area contributed by atoms with Crippen molar-refractivity contribution in [3.63, 3.8) is 0 Å². The summed E-state index contributed by atoms with van der Waals surface area (Å²) < 4.78 is 0. The average Bonchev–Trinajstić information content (AvgIpc) is 1.87. The van der Waals surface area contributed by atoms with Crippen LogP contribution in [0.4, 0.5) is 0 Å². The van der Waals surface area contributed by atoms with E-state index in [1.807, 2.05) is 13.0 Å². The summed E-state index contributed by atoms with van der Waals surface area (Å²) >= 11 is 0. The second-order valence-corrected chi connectivity index (χ2v) is 2.68. The predicted octanol–water partition coefficient (Wildman–Crippen LogP) is 3.33. The second kappa shape index (κ2) is 5.04. The molecule has 0 saturated heterocycles. The van der Waals surface area contributed by atoms with Gasteiger partial charge in [-0.05, 0) is 19.3 Å². The van der Waals surface area contributed by atoms with Crippen molar-refractivity contribution in [2.75, 3.05) is 0 Å². The topological polar surface area (TPSA) is 0 Å². The third kappa shape index (κ3) is 5.36. The molecule has 0 rings (SSSR count). The molecule has 0 fully saturated rings. The van der Waals surface area contributed by atoms with Crippen molar-refractivity contribution in [3.8, 4) is 0 Å². The molecule has 0 heterocycles. The fourth-order valence-electron chi connectivity index (χ4n) is 0.562. The number of hydrogen-bond donors (Lipinski definition) is 0. The van der Waals surface area contributed by atoms with Crippen LogP contribution >= 0.6 is 0 Å². The Morgan fingerprint density at radius 1 is 1.60 bits per heavy atom. The third-order valence-electron chi connectivity index (χ3n) is 1.28. The van der Waals surface area contributed by atoms with Crippen molar-refractivity contribution in [1.82, 2.24) is 0 Å². The smallest absolute Gasteiger partial charge is 0.00845 e. The van der Waals surface area contributed by atoms with Gasteiger partial charge < -0.3 is 0 Å². The summed E-state index contributed by atoms with van der Waals surface area (Å²) in [4.78, 5) is 0. The summed E-state index contributed by atoms with van der Waals surface area (Å²) in [6.45, 7) is 11.6. The molecule has 0 aromatic carbocycles. The number of allylic oxidation sites excluding steroid dienone is 4. The standard InChI is InChI=1S/C10H16/c1-5-10(4)8-6-7-9(2)3/h5-6,8,10H,1-2,7H2,3-4H3/t10-/m1/s1. The lowest BCUT2D eigenvalue weighted by atomic mass is 10.1. The zero-order valence-corrected chi connectivity index (χ0v) is 6.93. The molecular weight excluding hydrogens is 120 g/mol. The SMILES string of the molecule is C=C[C@@H](C)C=CCC(=C)C. The van der Waals surface area contributed by atoms with Gasteiger partial charge in [-0.2, -0.15) is 0 Å². The lowest BCUT2D eigenvalue weighted by molar-refractivity contribution is 0.935.